The van der Waals surface area contributed by atoms with E-state index in [9.17, 15) is 0 Å². The molecule has 1 aromatic carbocycles. The van der Waals surface area contributed by atoms with Crippen LogP contribution in [0.5, 0.6) is 5.75 Å². The van der Waals surface area contributed by atoms with Gasteiger partial charge in [0, 0.05) is 0 Å². The maximum absolute atomic E-state index is 8.49. The molecule has 0 fully saturated rings. The predicted molar refractivity (Wildman–Crippen MR) is 49.1 cm³/mol. The molecule has 0 heterocycles. The van der Waals surface area contributed by atoms with Gasteiger partial charge in [0.25, 0.3) is 0 Å². The van der Waals surface area contributed by atoms with Crippen molar-refractivity contribution >= 4 is 8.60 Å². The van der Waals surface area contributed by atoms with Crippen molar-refractivity contribution < 1.29 is 19.0 Å². The zero-order chi connectivity index (χ0) is 9.68. The Hall–Kier alpha value is -0.670. The molecular formula is C8H11O4P. The van der Waals surface area contributed by atoms with Crippen LogP contribution in [0.3, 0.4) is 0 Å². The molecule has 0 atom stereocenters. The summed E-state index contributed by atoms with van der Waals surface area (Å²) in [4.78, 5) is 17.0. The molecule has 0 spiro atoms. The second kappa shape index (κ2) is 5.14. The van der Waals surface area contributed by atoms with E-state index in [0.717, 1.165) is 11.3 Å². The van der Waals surface area contributed by atoms with Crippen molar-refractivity contribution in [2.75, 3.05) is 7.11 Å². The lowest BCUT2D eigenvalue weighted by Crippen LogP contribution is -1.88. The zero-order valence-corrected chi connectivity index (χ0v) is 8.07. The van der Waals surface area contributed by atoms with Gasteiger partial charge in [0.05, 0.1) is 13.7 Å². The van der Waals surface area contributed by atoms with E-state index < -0.39 is 8.60 Å². The first kappa shape index (κ1) is 10.4. The average molecular weight is 202 g/mol. The number of ether oxygens (including phenoxy) is 1. The molecule has 0 unspecified atom stereocenters. The summed E-state index contributed by atoms with van der Waals surface area (Å²) in [6, 6.07) is 7.18. The summed E-state index contributed by atoms with van der Waals surface area (Å²) in [7, 11) is -0.677. The van der Waals surface area contributed by atoms with Gasteiger partial charge in [-0.05, 0) is 17.7 Å². The third-order valence-electron chi connectivity index (χ3n) is 1.51. The highest BCUT2D eigenvalue weighted by Crippen LogP contribution is 2.26. The lowest BCUT2D eigenvalue weighted by molar-refractivity contribution is 0.246. The van der Waals surface area contributed by atoms with Crippen molar-refractivity contribution in [3.63, 3.8) is 0 Å². The summed E-state index contributed by atoms with van der Waals surface area (Å²) >= 11 is 0. The third kappa shape index (κ3) is 3.70. The SMILES string of the molecule is COc1ccc(COP(O)O)cc1. The van der Waals surface area contributed by atoms with Gasteiger partial charge in [-0.15, -0.1) is 0 Å². The van der Waals surface area contributed by atoms with Crippen LogP contribution in [0, 0.1) is 0 Å². The molecule has 0 saturated carbocycles. The summed E-state index contributed by atoms with van der Waals surface area (Å²) in [5.74, 6) is 0.763. The Morgan fingerprint density at radius 1 is 1.23 bits per heavy atom. The van der Waals surface area contributed by atoms with E-state index in [1.54, 1.807) is 31.4 Å². The number of hydrogen-bond acceptors (Lipinski definition) is 4. The fraction of sp³-hybridized carbons (Fsp3) is 0.250. The van der Waals surface area contributed by atoms with Crippen LogP contribution in [0.15, 0.2) is 24.3 Å². The van der Waals surface area contributed by atoms with Gasteiger partial charge in [-0.3, -0.25) is 0 Å². The maximum atomic E-state index is 8.49. The van der Waals surface area contributed by atoms with Crippen molar-refractivity contribution in [3.8, 4) is 5.75 Å². The Morgan fingerprint density at radius 2 is 1.85 bits per heavy atom. The normalized spacial score (nSPS) is 10.5. The van der Waals surface area contributed by atoms with Gasteiger partial charge < -0.3 is 19.0 Å². The van der Waals surface area contributed by atoms with Gasteiger partial charge in [-0.25, -0.2) is 0 Å². The van der Waals surface area contributed by atoms with Gasteiger partial charge in [-0.2, -0.15) is 0 Å². The molecule has 5 heteroatoms. The first-order chi connectivity index (χ1) is 6.22. The van der Waals surface area contributed by atoms with Crippen molar-refractivity contribution in [1.82, 2.24) is 0 Å². The summed E-state index contributed by atoms with van der Waals surface area (Å²) in [6.45, 7) is 0.197. The minimum atomic E-state index is -2.27. The molecule has 0 aliphatic heterocycles. The lowest BCUT2D eigenvalue weighted by atomic mass is 10.2. The highest BCUT2D eigenvalue weighted by atomic mass is 31.2. The highest BCUT2D eigenvalue weighted by Gasteiger charge is 2.00. The minimum Gasteiger partial charge on any atom is -0.497 e. The maximum Gasteiger partial charge on any atom is 0.327 e. The Bertz CT molecular complexity index is 247. The molecule has 0 aliphatic carbocycles. The smallest absolute Gasteiger partial charge is 0.327 e. The summed E-state index contributed by atoms with van der Waals surface area (Å²) in [5, 5.41) is 0. The molecule has 4 nitrogen and oxygen atoms in total. The van der Waals surface area contributed by atoms with Crippen LogP contribution >= 0.6 is 8.60 Å². The van der Waals surface area contributed by atoms with Crippen LogP contribution < -0.4 is 4.74 Å². The highest BCUT2D eigenvalue weighted by molar-refractivity contribution is 7.39. The number of methoxy groups -OCH3 is 1. The molecular weight excluding hydrogens is 191 g/mol. The molecule has 2 N–H and O–H groups in total. The van der Waals surface area contributed by atoms with Gasteiger partial charge >= 0.3 is 8.60 Å². The molecule has 0 radical (unpaired) electrons. The monoisotopic (exact) mass is 202 g/mol. The van der Waals surface area contributed by atoms with Gasteiger partial charge in [0.1, 0.15) is 5.75 Å². The fourth-order valence-electron chi connectivity index (χ4n) is 0.854. The minimum absolute atomic E-state index is 0.197. The Balaban J connectivity index is 2.49. The number of benzene rings is 1. The first-order valence-corrected chi connectivity index (χ1v) is 4.82. The van der Waals surface area contributed by atoms with E-state index in [1.807, 2.05) is 0 Å². The molecule has 0 bridgehead atoms. The van der Waals surface area contributed by atoms with Crippen molar-refractivity contribution in [2.45, 2.75) is 6.61 Å². The molecule has 1 rings (SSSR count). The van der Waals surface area contributed by atoms with E-state index in [2.05, 4.69) is 4.52 Å². The Kier molecular flexibility index (Phi) is 4.12. The van der Waals surface area contributed by atoms with E-state index in [1.165, 1.54) is 0 Å². The molecule has 13 heavy (non-hydrogen) atoms. The Labute approximate surface area is 77.7 Å². The topological polar surface area (TPSA) is 58.9 Å². The zero-order valence-electron chi connectivity index (χ0n) is 7.17. The van der Waals surface area contributed by atoms with Crippen LogP contribution in [0.2, 0.25) is 0 Å². The molecule has 72 valence electrons. The van der Waals surface area contributed by atoms with Crippen LogP contribution in [0.4, 0.5) is 0 Å². The van der Waals surface area contributed by atoms with Gasteiger partial charge in [-0.1, -0.05) is 12.1 Å². The van der Waals surface area contributed by atoms with Crippen LogP contribution in [-0.2, 0) is 11.1 Å². The quantitative estimate of drug-likeness (QED) is 0.725. The number of hydrogen-bond donors (Lipinski definition) is 2. The van der Waals surface area contributed by atoms with Gasteiger partial charge in [0.15, 0.2) is 0 Å². The second-order valence-electron chi connectivity index (χ2n) is 2.37. The van der Waals surface area contributed by atoms with Crippen molar-refractivity contribution in [3.05, 3.63) is 29.8 Å². The van der Waals surface area contributed by atoms with E-state index >= 15 is 0 Å². The third-order valence-corrected chi connectivity index (χ3v) is 1.87. The Morgan fingerprint density at radius 3 is 2.31 bits per heavy atom. The van der Waals surface area contributed by atoms with Crippen LogP contribution in [0.1, 0.15) is 5.56 Å². The molecule has 1 aromatic rings. The van der Waals surface area contributed by atoms with E-state index in [4.69, 9.17) is 14.5 Å². The summed E-state index contributed by atoms with van der Waals surface area (Å²) in [5.41, 5.74) is 0.872. The summed E-state index contributed by atoms with van der Waals surface area (Å²) < 4.78 is 9.60. The molecule has 0 amide bonds. The van der Waals surface area contributed by atoms with Crippen LogP contribution in [0.25, 0.3) is 0 Å². The largest absolute Gasteiger partial charge is 0.497 e. The molecule has 0 saturated heterocycles. The van der Waals surface area contributed by atoms with E-state index in [0.29, 0.717) is 0 Å². The summed E-state index contributed by atoms with van der Waals surface area (Å²) in [6.07, 6.45) is 0. The first-order valence-electron chi connectivity index (χ1n) is 3.66. The number of rotatable bonds is 4. The van der Waals surface area contributed by atoms with Crippen molar-refractivity contribution in [2.24, 2.45) is 0 Å². The van der Waals surface area contributed by atoms with Gasteiger partial charge in [0.2, 0.25) is 0 Å². The fourth-order valence-corrected chi connectivity index (χ4v) is 1.12. The van der Waals surface area contributed by atoms with E-state index in [-0.39, 0.29) is 6.61 Å². The lowest BCUT2D eigenvalue weighted by Gasteiger charge is -2.04. The average Bonchev–Trinajstić information content (AvgIpc) is 2.15. The second-order valence-corrected chi connectivity index (χ2v) is 3.14. The van der Waals surface area contributed by atoms with Crippen molar-refractivity contribution in [1.29, 1.82) is 0 Å². The predicted octanol–water partition coefficient (Wildman–Crippen LogP) is 1.42. The molecule has 0 aromatic heterocycles. The standard InChI is InChI=1S/C8H11O4P/c1-11-8-4-2-7(3-5-8)6-12-13(9)10/h2-5,9-10H,6H2,1H3. The van der Waals surface area contributed by atoms with Crippen LogP contribution in [-0.4, -0.2) is 16.9 Å². The molecule has 0 aliphatic rings.